The minimum Gasteiger partial charge on any atom is -0.376 e. The molecule has 102 valence electrons. The van der Waals surface area contributed by atoms with Crippen LogP contribution in [0.4, 0.5) is 11.4 Å². The number of amides is 1. The smallest absolute Gasteiger partial charge is 0.258 e. The maximum atomic E-state index is 12.5. The molecule has 1 aromatic rings. The van der Waals surface area contributed by atoms with Gasteiger partial charge in [0.15, 0.2) is 6.10 Å². The average molecular weight is 262 g/mol. The van der Waals surface area contributed by atoms with Gasteiger partial charge in [-0.15, -0.1) is 0 Å². The molecule has 2 aliphatic heterocycles. The maximum Gasteiger partial charge on any atom is 0.258 e. The van der Waals surface area contributed by atoms with Crippen LogP contribution >= 0.6 is 0 Å². The fourth-order valence-corrected chi connectivity index (χ4v) is 2.54. The highest BCUT2D eigenvalue weighted by atomic mass is 16.6. The van der Waals surface area contributed by atoms with Gasteiger partial charge in [-0.3, -0.25) is 4.79 Å². The zero-order chi connectivity index (χ0) is 13.2. The van der Waals surface area contributed by atoms with Gasteiger partial charge in [-0.1, -0.05) is 12.1 Å². The lowest BCUT2D eigenvalue weighted by Crippen LogP contribution is -2.50. The van der Waals surface area contributed by atoms with Gasteiger partial charge in [-0.05, 0) is 12.1 Å². The van der Waals surface area contributed by atoms with Crippen molar-refractivity contribution in [1.29, 1.82) is 0 Å². The van der Waals surface area contributed by atoms with Crippen molar-refractivity contribution >= 4 is 17.3 Å². The van der Waals surface area contributed by atoms with Gasteiger partial charge in [0.2, 0.25) is 0 Å². The molecule has 1 aromatic carbocycles. The predicted molar refractivity (Wildman–Crippen MR) is 72.6 cm³/mol. The van der Waals surface area contributed by atoms with Crippen LogP contribution in [0.25, 0.3) is 0 Å². The van der Waals surface area contributed by atoms with E-state index in [1.54, 1.807) is 0 Å². The Morgan fingerprint density at radius 3 is 2.74 bits per heavy atom. The Labute approximate surface area is 112 Å². The molecule has 0 aromatic heterocycles. The van der Waals surface area contributed by atoms with Gasteiger partial charge >= 0.3 is 0 Å². The van der Waals surface area contributed by atoms with Gasteiger partial charge < -0.3 is 19.3 Å². The number of para-hydroxylation sites is 2. The van der Waals surface area contributed by atoms with E-state index in [9.17, 15) is 4.79 Å². The first-order valence-corrected chi connectivity index (χ1v) is 6.58. The van der Waals surface area contributed by atoms with Crippen LogP contribution in [0, 0.1) is 0 Å². The molecule has 0 spiro atoms. The normalized spacial score (nSPS) is 23.1. The van der Waals surface area contributed by atoms with Crippen molar-refractivity contribution in [3.05, 3.63) is 24.3 Å². The van der Waals surface area contributed by atoms with E-state index in [1.165, 1.54) is 0 Å². The molecule has 0 unspecified atom stereocenters. The molecule has 0 aliphatic carbocycles. The quantitative estimate of drug-likeness (QED) is 0.753. The Hall–Kier alpha value is -1.59. The Balaban J connectivity index is 1.85. The highest BCUT2D eigenvalue weighted by Crippen LogP contribution is 2.32. The molecule has 1 atom stereocenters. The SMILES string of the molecule is CN1CCN(C(=O)[C@@H]2COCCO2)c2ccccc21. The number of rotatable bonds is 1. The lowest BCUT2D eigenvalue weighted by Gasteiger charge is -2.37. The van der Waals surface area contributed by atoms with Gasteiger partial charge in [0.1, 0.15) is 0 Å². The van der Waals surface area contributed by atoms with Crippen LogP contribution in [0.1, 0.15) is 0 Å². The number of benzene rings is 1. The zero-order valence-corrected chi connectivity index (χ0v) is 11.0. The summed E-state index contributed by atoms with van der Waals surface area (Å²) >= 11 is 0. The van der Waals surface area contributed by atoms with E-state index >= 15 is 0 Å². The second-order valence-corrected chi connectivity index (χ2v) is 4.83. The molecule has 3 rings (SSSR count). The van der Waals surface area contributed by atoms with Crippen LogP contribution in [-0.4, -0.2) is 52.0 Å². The number of fused-ring (bicyclic) bond motifs is 1. The second-order valence-electron chi connectivity index (χ2n) is 4.83. The van der Waals surface area contributed by atoms with E-state index in [2.05, 4.69) is 4.90 Å². The zero-order valence-electron chi connectivity index (χ0n) is 11.0. The summed E-state index contributed by atoms with van der Waals surface area (Å²) < 4.78 is 10.8. The number of carbonyl (C=O) groups excluding carboxylic acids is 1. The summed E-state index contributed by atoms with van der Waals surface area (Å²) in [7, 11) is 2.04. The number of carbonyl (C=O) groups is 1. The molecular weight excluding hydrogens is 244 g/mol. The first kappa shape index (κ1) is 12.4. The van der Waals surface area contributed by atoms with Crippen LogP contribution in [0.3, 0.4) is 0 Å². The molecule has 0 bridgehead atoms. The molecule has 0 N–H and O–H groups in total. The topological polar surface area (TPSA) is 42.0 Å². The van der Waals surface area contributed by atoms with Crippen molar-refractivity contribution in [3.63, 3.8) is 0 Å². The number of ether oxygens (including phenoxy) is 2. The summed E-state index contributed by atoms with van der Waals surface area (Å²) in [6.07, 6.45) is -0.467. The highest BCUT2D eigenvalue weighted by molar-refractivity contribution is 6.00. The summed E-state index contributed by atoms with van der Waals surface area (Å²) in [5.41, 5.74) is 2.04. The number of likely N-dealkylation sites (N-methyl/N-ethyl adjacent to an activating group) is 1. The van der Waals surface area contributed by atoms with Crippen LogP contribution in [0.5, 0.6) is 0 Å². The minimum atomic E-state index is -0.467. The van der Waals surface area contributed by atoms with Crippen LogP contribution in [0.15, 0.2) is 24.3 Å². The minimum absolute atomic E-state index is 0.000231. The number of hydrogen-bond acceptors (Lipinski definition) is 4. The fraction of sp³-hybridized carbons (Fsp3) is 0.500. The van der Waals surface area contributed by atoms with Gasteiger partial charge in [0.25, 0.3) is 5.91 Å². The van der Waals surface area contributed by atoms with Crippen molar-refractivity contribution in [2.75, 3.05) is 49.8 Å². The molecule has 0 saturated carbocycles. The Morgan fingerprint density at radius 2 is 2.00 bits per heavy atom. The fourth-order valence-electron chi connectivity index (χ4n) is 2.54. The predicted octanol–water partition coefficient (Wildman–Crippen LogP) is 0.885. The Bertz CT molecular complexity index is 472. The maximum absolute atomic E-state index is 12.5. The third-order valence-corrected chi connectivity index (χ3v) is 3.60. The van der Waals surface area contributed by atoms with Gasteiger partial charge in [-0.25, -0.2) is 0 Å². The van der Waals surface area contributed by atoms with E-state index in [0.717, 1.165) is 17.9 Å². The van der Waals surface area contributed by atoms with E-state index in [-0.39, 0.29) is 5.91 Å². The monoisotopic (exact) mass is 262 g/mol. The van der Waals surface area contributed by atoms with E-state index in [1.807, 2.05) is 36.2 Å². The molecule has 2 aliphatic rings. The van der Waals surface area contributed by atoms with Gasteiger partial charge in [0.05, 0.1) is 31.2 Å². The molecule has 19 heavy (non-hydrogen) atoms. The molecule has 1 amide bonds. The van der Waals surface area contributed by atoms with Gasteiger partial charge in [-0.2, -0.15) is 0 Å². The van der Waals surface area contributed by atoms with E-state index < -0.39 is 6.10 Å². The lowest BCUT2D eigenvalue weighted by atomic mass is 10.1. The molecule has 5 nitrogen and oxygen atoms in total. The summed E-state index contributed by atoms with van der Waals surface area (Å²) in [5, 5.41) is 0. The number of anilines is 2. The van der Waals surface area contributed by atoms with E-state index in [0.29, 0.717) is 26.4 Å². The van der Waals surface area contributed by atoms with Crippen molar-refractivity contribution < 1.29 is 14.3 Å². The summed E-state index contributed by atoms with van der Waals surface area (Å²) in [5.74, 6) is 0.000231. The average Bonchev–Trinajstić information content (AvgIpc) is 2.48. The molecule has 2 heterocycles. The molecular formula is C14H18N2O3. The van der Waals surface area contributed by atoms with Crippen LogP contribution < -0.4 is 9.80 Å². The van der Waals surface area contributed by atoms with Crippen molar-refractivity contribution in [2.24, 2.45) is 0 Å². The molecule has 0 radical (unpaired) electrons. The van der Waals surface area contributed by atoms with Crippen LogP contribution in [-0.2, 0) is 14.3 Å². The van der Waals surface area contributed by atoms with Gasteiger partial charge in [0, 0.05) is 20.1 Å². The van der Waals surface area contributed by atoms with Crippen molar-refractivity contribution in [2.45, 2.75) is 6.10 Å². The third kappa shape index (κ3) is 2.31. The van der Waals surface area contributed by atoms with E-state index in [4.69, 9.17) is 9.47 Å². The molecule has 1 saturated heterocycles. The Kier molecular flexibility index (Phi) is 3.40. The molecule has 1 fully saturated rings. The Morgan fingerprint density at radius 1 is 1.21 bits per heavy atom. The molecule has 5 heteroatoms. The van der Waals surface area contributed by atoms with Crippen LogP contribution in [0.2, 0.25) is 0 Å². The highest BCUT2D eigenvalue weighted by Gasteiger charge is 2.31. The summed E-state index contributed by atoms with van der Waals surface area (Å²) in [6.45, 7) is 2.94. The second kappa shape index (κ2) is 5.19. The lowest BCUT2D eigenvalue weighted by molar-refractivity contribution is -0.144. The van der Waals surface area contributed by atoms with Crippen molar-refractivity contribution in [3.8, 4) is 0 Å². The largest absolute Gasteiger partial charge is 0.376 e. The first-order chi connectivity index (χ1) is 9.27. The number of hydrogen-bond donors (Lipinski definition) is 0. The third-order valence-electron chi connectivity index (χ3n) is 3.60. The summed E-state index contributed by atoms with van der Waals surface area (Å²) in [6, 6.07) is 7.96. The van der Waals surface area contributed by atoms with Crippen molar-refractivity contribution in [1.82, 2.24) is 0 Å². The standard InChI is InChI=1S/C14H18N2O3/c1-15-6-7-16(12-5-3-2-4-11(12)15)14(17)13-10-18-8-9-19-13/h2-5,13H,6-10H2,1H3/t13-/m0/s1. The summed E-state index contributed by atoms with van der Waals surface area (Å²) in [4.78, 5) is 16.5. The number of nitrogens with zero attached hydrogens (tertiary/aromatic N) is 2. The first-order valence-electron chi connectivity index (χ1n) is 6.58.